The highest BCUT2D eigenvalue weighted by Crippen LogP contribution is 2.41. The van der Waals surface area contributed by atoms with Crippen LogP contribution in [-0.2, 0) is 32.9 Å². The number of imidazole rings is 1. The van der Waals surface area contributed by atoms with Crippen molar-refractivity contribution in [2.75, 3.05) is 12.9 Å². The zero-order valence-electron chi connectivity index (χ0n) is 29.6. The first-order valence-electron chi connectivity index (χ1n) is 16.1. The van der Waals surface area contributed by atoms with Gasteiger partial charge in [-0.3, -0.25) is 0 Å². The second-order valence-corrected chi connectivity index (χ2v) is 24.8. The van der Waals surface area contributed by atoms with Crippen molar-refractivity contribution in [3.8, 4) is 6.07 Å². The van der Waals surface area contributed by atoms with Gasteiger partial charge in [0.05, 0.1) is 33.1 Å². The van der Waals surface area contributed by atoms with Gasteiger partial charge in [0.1, 0.15) is 23.3 Å². The number of aryl methyl sites for hydroxylation is 2. The number of nitriles is 1. The lowest BCUT2D eigenvalue weighted by atomic mass is 9.99. The van der Waals surface area contributed by atoms with Gasteiger partial charge in [0.25, 0.3) is 10.0 Å². The summed E-state index contributed by atoms with van der Waals surface area (Å²) in [6.07, 6.45) is 3.57. The Kier molecular flexibility index (Phi) is 10.8. The molecular weight excluding hydrogens is 691 g/mol. The van der Waals surface area contributed by atoms with E-state index in [1.807, 2.05) is 63.6 Å². The first-order valence-corrected chi connectivity index (χ1v) is 23.7. The molecule has 260 valence electrons. The Labute approximate surface area is 298 Å². The summed E-state index contributed by atoms with van der Waals surface area (Å²) in [5.41, 5.74) is 4.96. The summed E-state index contributed by atoms with van der Waals surface area (Å²) in [7, 11) is -5.30. The predicted octanol–water partition coefficient (Wildman–Crippen LogP) is 7.89. The van der Waals surface area contributed by atoms with Crippen LogP contribution in [-0.4, -0.2) is 52.2 Å². The molecule has 0 radical (unpaired) electrons. The molecule has 0 aliphatic rings. The number of thioether (sulfide) groups is 1. The molecule has 2 unspecified atom stereocenters. The molecule has 1 N–H and O–H groups in total. The van der Waals surface area contributed by atoms with Crippen LogP contribution in [0.15, 0.2) is 70.6 Å². The van der Waals surface area contributed by atoms with Gasteiger partial charge in [-0.2, -0.15) is 5.26 Å². The van der Waals surface area contributed by atoms with Gasteiger partial charge in [-0.05, 0) is 94.9 Å². The molecule has 0 saturated carbocycles. The summed E-state index contributed by atoms with van der Waals surface area (Å²) in [6, 6.07) is 18.5. The minimum atomic E-state index is -3.94. The number of ether oxygens (including phenoxy) is 1. The quantitative estimate of drug-likeness (QED) is 0.0594. The van der Waals surface area contributed by atoms with Crippen molar-refractivity contribution >= 4 is 63.2 Å². The van der Waals surface area contributed by atoms with Gasteiger partial charge >= 0.3 is 0 Å². The maximum atomic E-state index is 14.1. The highest BCUT2D eigenvalue weighted by molar-refractivity contribution is 7.98. The molecular formula is C36H45N5O4S3Si. The standard InChI is InChI=1S/C36H45N5O4S3Si/c1-24-10-13-27(14-11-24)48(43,44)41-17-16-28-32(31(46-6)20-25(2)34(28)41)33(39-47(42)36(3,4)5)35-38-29-15-12-26(22-37)21-30(29)40(35)23-45-18-19-49(7,8)9/h10-17,20-21,33,39H,18-19,23H2,1-9H3. The van der Waals surface area contributed by atoms with Crippen molar-refractivity contribution < 1.29 is 17.7 Å². The van der Waals surface area contributed by atoms with E-state index in [4.69, 9.17) is 9.72 Å². The van der Waals surface area contributed by atoms with Crippen LogP contribution in [0.25, 0.3) is 21.9 Å². The van der Waals surface area contributed by atoms with Crippen LogP contribution in [0.2, 0.25) is 25.7 Å². The average Bonchev–Trinajstić information content (AvgIpc) is 3.64. The Hall–Kier alpha value is -3.09. The summed E-state index contributed by atoms with van der Waals surface area (Å²) < 4.78 is 54.5. The van der Waals surface area contributed by atoms with E-state index >= 15 is 0 Å². The van der Waals surface area contributed by atoms with Gasteiger partial charge in [-0.15, -0.1) is 16.5 Å². The van der Waals surface area contributed by atoms with E-state index in [9.17, 15) is 18.2 Å². The normalized spacial score (nSPS) is 14.0. The minimum absolute atomic E-state index is 0.179. The first-order chi connectivity index (χ1) is 23.0. The van der Waals surface area contributed by atoms with Crippen LogP contribution in [0, 0.1) is 25.2 Å². The average molecular weight is 736 g/mol. The molecule has 0 spiro atoms. The molecule has 49 heavy (non-hydrogen) atoms. The smallest absolute Gasteiger partial charge is 0.268 e. The second-order valence-electron chi connectivity index (χ2n) is 14.5. The lowest BCUT2D eigenvalue weighted by Crippen LogP contribution is -2.42. The number of nitrogens with one attached hydrogen (secondary N) is 1. The van der Waals surface area contributed by atoms with Crippen molar-refractivity contribution in [1.82, 2.24) is 18.2 Å². The molecule has 2 atom stereocenters. The monoisotopic (exact) mass is 735 g/mol. The summed E-state index contributed by atoms with van der Waals surface area (Å²) in [6.45, 7) is 17.2. The maximum Gasteiger partial charge on any atom is 0.268 e. The first kappa shape index (κ1) is 37.2. The van der Waals surface area contributed by atoms with Crippen molar-refractivity contribution in [2.45, 2.75) is 87.6 Å². The van der Waals surface area contributed by atoms with Gasteiger partial charge in [-0.25, -0.2) is 17.4 Å². The SMILES string of the molecule is CSc1cc(C)c2c(ccn2S(=O)(=O)c2ccc(C)cc2)c1C(N[S+]([O-])C(C)(C)C)c1nc2ccc(C#N)cc2n1COCC[Si](C)(C)C. The van der Waals surface area contributed by atoms with E-state index < -0.39 is 40.2 Å². The van der Waals surface area contributed by atoms with E-state index in [0.717, 1.165) is 33.1 Å². The third-order valence-electron chi connectivity index (χ3n) is 8.38. The molecule has 0 bridgehead atoms. The van der Waals surface area contributed by atoms with Crippen LogP contribution in [0.3, 0.4) is 0 Å². The summed E-state index contributed by atoms with van der Waals surface area (Å²) in [5, 5.41) is 10.5. The molecule has 3 aromatic carbocycles. The Morgan fingerprint density at radius 1 is 1.10 bits per heavy atom. The molecule has 0 aliphatic carbocycles. The van der Waals surface area contributed by atoms with Crippen molar-refractivity contribution in [2.24, 2.45) is 0 Å². The Balaban J connectivity index is 1.78. The van der Waals surface area contributed by atoms with E-state index in [1.165, 1.54) is 15.7 Å². The largest absolute Gasteiger partial charge is 0.598 e. The van der Waals surface area contributed by atoms with Crippen LogP contribution >= 0.6 is 11.8 Å². The molecule has 13 heteroatoms. The number of fused-ring (bicyclic) bond motifs is 2. The minimum Gasteiger partial charge on any atom is -0.598 e. The molecule has 9 nitrogen and oxygen atoms in total. The third-order valence-corrected chi connectivity index (χ3v) is 14.1. The van der Waals surface area contributed by atoms with E-state index in [2.05, 4.69) is 30.4 Å². The molecule has 0 saturated heterocycles. The number of aromatic nitrogens is 3. The third kappa shape index (κ3) is 7.81. The molecule has 0 amide bonds. The summed E-state index contributed by atoms with van der Waals surface area (Å²) >= 11 is -0.0141. The van der Waals surface area contributed by atoms with Gasteiger partial charge in [0.15, 0.2) is 0 Å². The Morgan fingerprint density at radius 2 is 1.80 bits per heavy atom. The Morgan fingerprint density at radius 3 is 2.41 bits per heavy atom. The Bertz CT molecular complexity index is 2140. The summed E-state index contributed by atoms with van der Waals surface area (Å²) in [4.78, 5) is 6.19. The van der Waals surface area contributed by atoms with Gasteiger partial charge in [0.2, 0.25) is 0 Å². The maximum absolute atomic E-state index is 14.1. The fourth-order valence-electron chi connectivity index (χ4n) is 5.61. The topological polar surface area (TPSA) is 125 Å². The van der Waals surface area contributed by atoms with Crippen LogP contribution in [0.5, 0.6) is 0 Å². The van der Waals surface area contributed by atoms with Crippen molar-refractivity contribution in [3.63, 3.8) is 0 Å². The molecule has 2 aromatic heterocycles. The highest BCUT2D eigenvalue weighted by Gasteiger charge is 2.36. The zero-order chi connectivity index (χ0) is 35.9. The van der Waals surface area contributed by atoms with Gasteiger partial charge in [-0.1, -0.05) is 37.3 Å². The lowest BCUT2D eigenvalue weighted by molar-refractivity contribution is 0.0873. The number of nitrogens with zero attached hydrogens (tertiary/aromatic N) is 4. The molecule has 5 aromatic rings. The van der Waals surface area contributed by atoms with Crippen LogP contribution in [0.1, 0.15) is 54.9 Å². The van der Waals surface area contributed by atoms with Crippen molar-refractivity contribution in [3.05, 3.63) is 88.9 Å². The van der Waals surface area contributed by atoms with Crippen LogP contribution < -0.4 is 4.72 Å². The van der Waals surface area contributed by atoms with Gasteiger partial charge < -0.3 is 13.9 Å². The highest BCUT2D eigenvalue weighted by atomic mass is 32.2. The lowest BCUT2D eigenvalue weighted by Gasteiger charge is -2.29. The van der Waals surface area contributed by atoms with E-state index in [1.54, 1.807) is 42.6 Å². The number of rotatable bonds is 12. The van der Waals surface area contributed by atoms with Crippen molar-refractivity contribution in [1.29, 1.82) is 5.26 Å². The number of benzene rings is 3. The molecule has 0 fully saturated rings. The fourth-order valence-corrected chi connectivity index (χ4v) is 9.31. The van der Waals surface area contributed by atoms with Crippen LogP contribution in [0.4, 0.5) is 0 Å². The molecule has 0 aliphatic heterocycles. The number of hydrogen-bond acceptors (Lipinski definition) is 8. The number of hydrogen-bond donors (Lipinski definition) is 1. The fraction of sp³-hybridized carbons (Fsp3) is 0.389. The predicted molar refractivity (Wildman–Crippen MR) is 204 cm³/mol. The second kappa shape index (κ2) is 14.3. The van der Waals surface area contributed by atoms with E-state index in [0.29, 0.717) is 34.4 Å². The summed E-state index contributed by atoms with van der Waals surface area (Å²) in [5.74, 6) is 0.560. The zero-order valence-corrected chi connectivity index (χ0v) is 33.1. The molecule has 5 rings (SSSR count). The van der Waals surface area contributed by atoms with Gasteiger partial charge in [0, 0.05) is 48.1 Å². The van der Waals surface area contributed by atoms with E-state index in [-0.39, 0.29) is 11.6 Å². The molecule has 2 heterocycles.